The molecule has 1 aromatic carbocycles. The van der Waals surface area contributed by atoms with Crippen molar-refractivity contribution < 1.29 is 9.84 Å². The Bertz CT molecular complexity index is 378. The van der Waals surface area contributed by atoms with E-state index in [0.717, 1.165) is 18.7 Å². The first-order chi connectivity index (χ1) is 8.61. The van der Waals surface area contributed by atoms with Crippen molar-refractivity contribution in [3.8, 4) is 5.75 Å². The molecule has 4 heteroatoms. The smallest absolute Gasteiger partial charge is 0.118 e. The fraction of sp³-hybridized carbons (Fsp3) is 0.571. The minimum atomic E-state index is -0.218. The number of nitrogens with zero attached hydrogens (tertiary/aromatic N) is 1. The van der Waals surface area contributed by atoms with Gasteiger partial charge in [-0.1, -0.05) is 12.1 Å². The summed E-state index contributed by atoms with van der Waals surface area (Å²) in [6.45, 7) is 3.62. The minimum Gasteiger partial charge on any atom is -0.497 e. The van der Waals surface area contributed by atoms with Crippen LogP contribution in [0.5, 0.6) is 5.75 Å². The van der Waals surface area contributed by atoms with Gasteiger partial charge in [-0.25, -0.2) is 0 Å². The van der Waals surface area contributed by atoms with Gasteiger partial charge in [0.05, 0.1) is 13.2 Å². The van der Waals surface area contributed by atoms with Crippen LogP contribution in [-0.4, -0.2) is 42.4 Å². The maximum atomic E-state index is 9.66. The summed E-state index contributed by atoms with van der Waals surface area (Å²) in [6.07, 6.45) is 0.615. The summed E-state index contributed by atoms with van der Waals surface area (Å²) < 4.78 is 5.17. The minimum absolute atomic E-state index is 0.0312. The quantitative estimate of drug-likeness (QED) is 0.841. The molecule has 3 N–H and O–H groups in total. The van der Waals surface area contributed by atoms with Gasteiger partial charge in [0, 0.05) is 25.2 Å². The third kappa shape index (κ3) is 2.83. The van der Waals surface area contributed by atoms with E-state index in [0.29, 0.717) is 6.54 Å². The average Bonchev–Trinajstić information content (AvgIpc) is 2.76. The number of β-amino-alcohol motifs (C(OH)–C–C–N with tert-alkyl or cyclic N) is 1. The van der Waals surface area contributed by atoms with Crippen molar-refractivity contribution in [2.45, 2.75) is 31.5 Å². The summed E-state index contributed by atoms with van der Waals surface area (Å²) in [5, 5.41) is 9.66. The molecule has 18 heavy (non-hydrogen) atoms. The van der Waals surface area contributed by atoms with Crippen molar-refractivity contribution in [1.82, 2.24) is 4.90 Å². The molecule has 1 heterocycles. The first-order valence-electron chi connectivity index (χ1n) is 6.43. The molecule has 1 aliphatic rings. The number of nitrogens with two attached hydrogens (primary N) is 1. The number of aliphatic hydroxyl groups is 1. The van der Waals surface area contributed by atoms with Gasteiger partial charge in [0.1, 0.15) is 5.75 Å². The summed E-state index contributed by atoms with van der Waals surface area (Å²) in [5.41, 5.74) is 7.29. The Hall–Kier alpha value is -1.10. The van der Waals surface area contributed by atoms with E-state index < -0.39 is 0 Å². The second-order valence-corrected chi connectivity index (χ2v) is 5.01. The molecule has 1 aromatic rings. The maximum absolute atomic E-state index is 9.66. The standard InChI is InChI=1S/C14H22N2O2/c1-10(15)14(16-8-7-12(17)9-16)11-3-5-13(18-2)6-4-11/h3-6,10,12,14,17H,7-9,15H2,1-2H3. The van der Waals surface area contributed by atoms with Crippen molar-refractivity contribution in [2.24, 2.45) is 5.73 Å². The van der Waals surface area contributed by atoms with Crippen LogP contribution in [0.1, 0.15) is 24.9 Å². The molecule has 100 valence electrons. The SMILES string of the molecule is COc1ccc(C(C(C)N)N2CCC(O)C2)cc1. The molecule has 1 aliphatic heterocycles. The summed E-state index contributed by atoms with van der Waals surface area (Å²) in [7, 11) is 1.66. The van der Waals surface area contributed by atoms with Crippen LogP contribution < -0.4 is 10.5 Å². The van der Waals surface area contributed by atoms with E-state index in [2.05, 4.69) is 17.0 Å². The molecule has 0 aliphatic carbocycles. The highest BCUT2D eigenvalue weighted by molar-refractivity contribution is 5.30. The van der Waals surface area contributed by atoms with Crippen molar-refractivity contribution in [1.29, 1.82) is 0 Å². The lowest BCUT2D eigenvalue weighted by molar-refractivity contribution is 0.151. The molecule has 3 atom stereocenters. The molecule has 4 nitrogen and oxygen atoms in total. The number of methoxy groups -OCH3 is 1. The fourth-order valence-corrected chi connectivity index (χ4v) is 2.67. The van der Waals surface area contributed by atoms with Gasteiger partial charge in [-0.2, -0.15) is 0 Å². The van der Waals surface area contributed by atoms with Crippen LogP contribution in [0.25, 0.3) is 0 Å². The zero-order valence-corrected chi connectivity index (χ0v) is 11.0. The van der Waals surface area contributed by atoms with Gasteiger partial charge in [-0.3, -0.25) is 4.90 Å². The van der Waals surface area contributed by atoms with E-state index in [1.165, 1.54) is 5.56 Å². The third-order valence-electron chi connectivity index (χ3n) is 3.54. The molecular weight excluding hydrogens is 228 g/mol. The molecule has 1 saturated heterocycles. The highest BCUT2D eigenvalue weighted by Gasteiger charge is 2.30. The molecule has 1 fully saturated rings. The highest BCUT2D eigenvalue weighted by Crippen LogP contribution is 2.28. The lowest BCUT2D eigenvalue weighted by atomic mass is 9.99. The predicted molar refractivity (Wildman–Crippen MR) is 71.6 cm³/mol. The van der Waals surface area contributed by atoms with E-state index in [1.807, 2.05) is 19.1 Å². The van der Waals surface area contributed by atoms with Crippen LogP contribution in [0.2, 0.25) is 0 Å². The number of hydrogen-bond acceptors (Lipinski definition) is 4. The Morgan fingerprint density at radius 1 is 1.39 bits per heavy atom. The maximum Gasteiger partial charge on any atom is 0.118 e. The second-order valence-electron chi connectivity index (χ2n) is 5.01. The Balaban J connectivity index is 2.18. The highest BCUT2D eigenvalue weighted by atomic mass is 16.5. The van der Waals surface area contributed by atoms with Crippen molar-refractivity contribution in [3.63, 3.8) is 0 Å². The fourth-order valence-electron chi connectivity index (χ4n) is 2.67. The van der Waals surface area contributed by atoms with Gasteiger partial charge in [0.15, 0.2) is 0 Å². The van der Waals surface area contributed by atoms with E-state index >= 15 is 0 Å². The number of rotatable bonds is 4. The second kappa shape index (κ2) is 5.69. The zero-order valence-electron chi connectivity index (χ0n) is 11.0. The largest absolute Gasteiger partial charge is 0.497 e. The molecule has 0 saturated carbocycles. The molecule has 0 radical (unpaired) electrons. The van der Waals surface area contributed by atoms with Crippen molar-refractivity contribution in [2.75, 3.05) is 20.2 Å². The third-order valence-corrected chi connectivity index (χ3v) is 3.54. The van der Waals surface area contributed by atoms with Gasteiger partial charge in [-0.15, -0.1) is 0 Å². The average molecular weight is 250 g/mol. The van der Waals surface area contributed by atoms with E-state index in [-0.39, 0.29) is 18.2 Å². The zero-order chi connectivity index (χ0) is 13.1. The topological polar surface area (TPSA) is 58.7 Å². The lowest BCUT2D eigenvalue weighted by Gasteiger charge is -2.31. The van der Waals surface area contributed by atoms with Gasteiger partial charge < -0.3 is 15.6 Å². The Kier molecular flexibility index (Phi) is 4.22. The van der Waals surface area contributed by atoms with Crippen molar-refractivity contribution >= 4 is 0 Å². The molecular formula is C14H22N2O2. The Labute approximate surface area is 108 Å². The van der Waals surface area contributed by atoms with Crippen molar-refractivity contribution in [3.05, 3.63) is 29.8 Å². The normalized spacial score (nSPS) is 23.9. The van der Waals surface area contributed by atoms with Crippen LogP contribution in [0.15, 0.2) is 24.3 Å². The van der Waals surface area contributed by atoms with Gasteiger partial charge >= 0.3 is 0 Å². The van der Waals surface area contributed by atoms with Crippen LogP contribution in [0.3, 0.4) is 0 Å². The van der Waals surface area contributed by atoms with Crippen LogP contribution >= 0.6 is 0 Å². The monoisotopic (exact) mass is 250 g/mol. The molecule has 0 bridgehead atoms. The molecule has 0 amide bonds. The summed E-state index contributed by atoms with van der Waals surface area (Å²) in [5.74, 6) is 0.851. The Morgan fingerprint density at radius 3 is 2.50 bits per heavy atom. The summed E-state index contributed by atoms with van der Waals surface area (Å²) in [6, 6.07) is 8.21. The summed E-state index contributed by atoms with van der Waals surface area (Å²) in [4.78, 5) is 2.26. The molecule has 3 unspecified atom stereocenters. The number of ether oxygens (including phenoxy) is 1. The van der Waals surface area contributed by atoms with E-state index in [4.69, 9.17) is 10.5 Å². The molecule has 2 rings (SSSR count). The van der Waals surface area contributed by atoms with Crippen LogP contribution in [0.4, 0.5) is 0 Å². The number of aliphatic hydroxyl groups excluding tert-OH is 1. The number of likely N-dealkylation sites (tertiary alicyclic amines) is 1. The first kappa shape index (κ1) is 13.3. The Morgan fingerprint density at radius 2 is 2.06 bits per heavy atom. The van der Waals surface area contributed by atoms with Gasteiger partial charge in [0.2, 0.25) is 0 Å². The first-order valence-corrected chi connectivity index (χ1v) is 6.43. The summed E-state index contributed by atoms with van der Waals surface area (Å²) >= 11 is 0. The van der Waals surface area contributed by atoms with Crippen LogP contribution in [-0.2, 0) is 0 Å². The molecule has 0 spiro atoms. The van der Waals surface area contributed by atoms with Crippen LogP contribution in [0, 0.1) is 0 Å². The van der Waals surface area contributed by atoms with E-state index in [1.54, 1.807) is 7.11 Å². The lowest BCUT2D eigenvalue weighted by Crippen LogP contribution is -2.38. The van der Waals surface area contributed by atoms with E-state index in [9.17, 15) is 5.11 Å². The predicted octanol–water partition coefficient (Wildman–Crippen LogP) is 1.15. The molecule has 0 aromatic heterocycles. The van der Waals surface area contributed by atoms with Gasteiger partial charge in [-0.05, 0) is 31.0 Å². The van der Waals surface area contributed by atoms with Gasteiger partial charge in [0.25, 0.3) is 0 Å². The number of benzene rings is 1. The number of hydrogen-bond donors (Lipinski definition) is 2.